The lowest BCUT2D eigenvalue weighted by Crippen LogP contribution is -2.60. The van der Waals surface area contributed by atoms with E-state index in [-0.39, 0.29) is 17.5 Å². The molecule has 0 bridgehead atoms. The van der Waals surface area contributed by atoms with Crippen molar-refractivity contribution in [3.05, 3.63) is 0 Å². The van der Waals surface area contributed by atoms with Crippen LogP contribution in [-0.2, 0) is 36.0 Å². The highest BCUT2D eigenvalue weighted by molar-refractivity contribution is 6.62. The van der Waals surface area contributed by atoms with Gasteiger partial charge in [-0.25, -0.2) is 0 Å². The van der Waals surface area contributed by atoms with Crippen LogP contribution in [0.1, 0.15) is 47.5 Å². The molecule has 0 spiro atoms. The summed E-state index contributed by atoms with van der Waals surface area (Å²) in [7, 11) is -0.497. The molecule has 1 rings (SSSR count). The second-order valence-electron chi connectivity index (χ2n) is 6.32. The van der Waals surface area contributed by atoms with Gasteiger partial charge in [0, 0.05) is 41.2 Å². The van der Waals surface area contributed by atoms with Gasteiger partial charge >= 0.3 is 17.6 Å². The van der Waals surface area contributed by atoms with Gasteiger partial charge in [0.1, 0.15) is 11.8 Å². The predicted molar refractivity (Wildman–Crippen MR) is 115 cm³/mol. The minimum atomic E-state index is -2.66. The van der Waals surface area contributed by atoms with Crippen molar-refractivity contribution >= 4 is 17.6 Å². The third-order valence-corrected chi connectivity index (χ3v) is 10.9. The molecule has 0 saturated carbocycles. The summed E-state index contributed by atoms with van der Waals surface area (Å²) >= 11 is 0. The first-order valence-electron chi connectivity index (χ1n) is 10.4. The van der Waals surface area contributed by atoms with Crippen molar-refractivity contribution in [2.24, 2.45) is 5.73 Å². The number of rotatable bonds is 16. The van der Waals surface area contributed by atoms with Crippen molar-refractivity contribution in [2.45, 2.75) is 65.0 Å². The molecule has 0 aromatic rings. The number of hydrogen-bond donors (Lipinski definition) is 1. The Bertz CT molecular complexity index is 375. The first-order chi connectivity index (χ1) is 13.9. The molecule has 9 nitrogen and oxygen atoms in total. The molecule has 3 atom stereocenters. The van der Waals surface area contributed by atoms with E-state index in [1.54, 1.807) is 21.3 Å². The van der Waals surface area contributed by atoms with Crippen molar-refractivity contribution in [3.8, 4) is 0 Å². The number of nitrogens with two attached hydrogens (primary N) is 1. The number of epoxide rings is 1. The second kappa shape index (κ2) is 15.8. The molecule has 29 heavy (non-hydrogen) atoms. The van der Waals surface area contributed by atoms with E-state index in [1.165, 1.54) is 0 Å². The minimum Gasteiger partial charge on any atom is -0.375 e. The van der Waals surface area contributed by atoms with Crippen LogP contribution in [0.15, 0.2) is 0 Å². The topological polar surface area (TPSA) is 103 Å². The van der Waals surface area contributed by atoms with Crippen LogP contribution in [-0.4, -0.2) is 89.5 Å². The van der Waals surface area contributed by atoms with E-state index in [9.17, 15) is 0 Å². The Morgan fingerprint density at radius 3 is 1.55 bits per heavy atom. The van der Waals surface area contributed by atoms with Gasteiger partial charge in [-0.1, -0.05) is 13.8 Å². The van der Waals surface area contributed by atoms with E-state index in [2.05, 4.69) is 0 Å². The van der Waals surface area contributed by atoms with Crippen molar-refractivity contribution in [3.63, 3.8) is 0 Å². The summed E-state index contributed by atoms with van der Waals surface area (Å²) < 4.78 is 43.8. The summed E-state index contributed by atoms with van der Waals surface area (Å²) in [5, 5.41) is 0. The highest BCUT2D eigenvalue weighted by atomic mass is 28.4. The van der Waals surface area contributed by atoms with E-state index >= 15 is 0 Å². The average Bonchev–Trinajstić information content (AvgIpc) is 3.56. The van der Waals surface area contributed by atoms with Gasteiger partial charge in [0.05, 0.1) is 18.9 Å². The highest BCUT2D eigenvalue weighted by Gasteiger charge is 2.48. The van der Waals surface area contributed by atoms with Gasteiger partial charge in [-0.05, 0) is 33.6 Å². The predicted octanol–water partition coefficient (Wildman–Crippen LogP) is 1.91. The summed E-state index contributed by atoms with van der Waals surface area (Å²) in [6.07, 6.45) is 1.86. The van der Waals surface area contributed by atoms with Gasteiger partial charge in [0.15, 0.2) is 0 Å². The molecule has 1 saturated heterocycles. The number of ether oxygens (including phenoxy) is 2. The largest absolute Gasteiger partial charge is 0.530 e. The Balaban J connectivity index is 0.000000543. The van der Waals surface area contributed by atoms with Gasteiger partial charge in [-0.15, -0.1) is 0 Å². The van der Waals surface area contributed by atoms with E-state index in [0.29, 0.717) is 26.4 Å². The first kappa shape index (κ1) is 29.1. The zero-order valence-corrected chi connectivity index (χ0v) is 21.5. The maximum Gasteiger partial charge on any atom is 0.530 e. The molecule has 1 aliphatic rings. The zero-order chi connectivity index (χ0) is 22.3. The average molecular weight is 458 g/mol. The molecule has 1 fully saturated rings. The summed E-state index contributed by atoms with van der Waals surface area (Å²) in [6.45, 7) is 13.0. The molecule has 0 aromatic carbocycles. The maximum absolute atomic E-state index is 6.00. The molecular weight excluding hydrogens is 414 g/mol. The zero-order valence-electron chi connectivity index (χ0n) is 19.5. The molecule has 0 amide bonds. The fourth-order valence-electron chi connectivity index (χ4n) is 2.80. The lowest BCUT2D eigenvalue weighted by Gasteiger charge is -2.32. The quantitative estimate of drug-likeness (QED) is 0.275. The third kappa shape index (κ3) is 9.39. The smallest absolute Gasteiger partial charge is 0.375 e. The van der Waals surface area contributed by atoms with Crippen molar-refractivity contribution in [1.82, 2.24) is 0 Å². The Morgan fingerprint density at radius 1 is 0.828 bits per heavy atom. The monoisotopic (exact) mass is 457 g/mol. The fourth-order valence-corrected chi connectivity index (χ4v) is 7.49. The maximum atomic E-state index is 6.00. The number of hydrogen-bond acceptors (Lipinski definition) is 9. The summed E-state index contributed by atoms with van der Waals surface area (Å²) in [5.74, 6) is 0. The molecule has 3 unspecified atom stereocenters. The summed E-state index contributed by atoms with van der Waals surface area (Å²) in [6, 6.07) is 0. The molecule has 11 heteroatoms. The molecule has 2 N–H and O–H groups in total. The van der Waals surface area contributed by atoms with E-state index in [1.807, 2.05) is 34.6 Å². The fraction of sp³-hybridized carbons (Fsp3) is 1.00. The SMILES string of the molecule is CCC(OCC1CO1)[Si](OC)(OC)OC.CCO[Si](OCC)(OCC)C(N)CC. The van der Waals surface area contributed by atoms with Crippen molar-refractivity contribution < 1.29 is 36.0 Å². The standard InChI is InChI=1S/C9H23NO3Si.C9H20O5Si/c1-5-9(10)14(11-6-2,12-7-3)13-8-4;1-5-9(14-7-8-6-13-8)15(10-2,11-3)12-4/h9H,5-8,10H2,1-4H3;8-9H,5-7H2,1-4H3. The first-order valence-corrected chi connectivity index (χ1v) is 14.0. The molecule has 1 aliphatic heterocycles. The Morgan fingerprint density at radius 2 is 1.28 bits per heavy atom. The second-order valence-corrected chi connectivity index (χ2v) is 12.2. The molecule has 0 aliphatic carbocycles. The van der Waals surface area contributed by atoms with Crippen LogP contribution in [0.25, 0.3) is 0 Å². The van der Waals surface area contributed by atoms with Crippen LogP contribution in [0, 0.1) is 0 Å². The third-order valence-electron chi connectivity index (χ3n) is 4.43. The Hall–Kier alpha value is 0.0738. The van der Waals surface area contributed by atoms with E-state index in [0.717, 1.165) is 19.4 Å². The van der Waals surface area contributed by atoms with Gasteiger partial charge in [0.2, 0.25) is 0 Å². The molecule has 1 heterocycles. The molecular formula is C18H43NO8Si2. The molecule has 0 aromatic heterocycles. The summed E-state index contributed by atoms with van der Waals surface area (Å²) in [4.78, 5) is 0. The minimum absolute atomic E-state index is 0.123. The lowest BCUT2D eigenvalue weighted by atomic mass is 10.5. The van der Waals surface area contributed by atoms with Crippen molar-refractivity contribution in [1.29, 1.82) is 0 Å². The Labute approximate surface area is 179 Å². The van der Waals surface area contributed by atoms with Crippen LogP contribution in [0.5, 0.6) is 0 Å². The van der Waals surface area contributed by atoms with E-state index < -0.39 is 17.6 Å². The van der Waals surface area contributed by atoms with Gasteiger partial charge in [-0.2, -0.15) is 0 Å². The van der Waals surface area contributed by atoms with Gasteiger partial charge in [-0.3, -0.25) is 0 Å². The Kier molecular flexibility index (Phi) is 15.9. The normalized spacial score (nSPS) is 18.7. The van der Waals surface area contributed by atoms with Gasteiger partial charge in [0.25, 0.3) is 0 Å². The lowest BCUT2D eigenvalue weighted by molar-refractivity contribution is 0.00651. The van der Waals surface area contributed by atoms with Crippen LogP contribution in [0.4, 0.5) is 0 Å². The molecule has 0 radical (unpaired) electrons. The van der Waals surface area contributed by atoms with Crippen LogP contribution >= 0.6 is 0 Å². The molecule has 176 valence electrons. The van der Waals surface area contributed by atoms with Crippen molar-refractivity contribution in [2.75, 3.05) is 54.4 Å². The van der Waals surface area contributed by atoms with Gasteiger partial charge < -0.3 is 41.8 Å². The summed E-state index contributed by atoms with van der Waals surface area (Å²) in [5.41, 5.74) is 5.75. The van der Waals surface area contributed by atoms with Crippen LogP contribution in [0.2, 0.25) is 0 Å². The van der Waals surface area contributed by atoms with E-state index in [4.69, 9.17) is 41.8 Å². The van der Waals surface area contributed by atoms with Crippen LogP contribution < -0.4 is 5.73 Å². The van der Waals surface area contributed by atoms with Crippen LogP contribution in [0.3, 0.4) is 0 Å². The highest BCUT2D eigenvalue weighted by Crippen LogP contribution is 2.20.